The number of amides is 1. The number of carbonyl (C=O) groups is 1. The third kappa shape index (κ3) is 4.48. The van der Waals surface area contributed by atoms with Crippen LogP contribution in [0.5, 0.6) is 0 Å². The van der Waals surface area contributed by atoms with Crippen molar-refractivity contribution in [2.75, 3.05) is 32.8 Å². The highest BCUT2D eigenvalue weighted by Crippen LogP contribution is 2.31. The number of hydrogen-bond acceptors (Lipinski definition) is 6. The van der Waals surface area contributed by atoms with Crippen molar-refractivity contribution >= 4 is 5.91 Å². The van der Waals surface area contributed by atoms with Gasteiger partial charge >= 0.3 is 0 Å². The Kier molecular flexibility index (Phi) is 5.91. The van der Waals surface area contributed by atoms with Crippen LogP contribution in [-0.4, -0.2) is 74.3 Å². The highest BCUT2D eigenvalue weighted by molar-refractivity contribution is 5.92. The van der Waals surface area contributed by atoms with Gasteiger partial charge in [-0.15, -0.1) is 0 Å². The van der Waals surface area contributed by atoms with E-state index in [2.05, 4.69) is 20.0 Å². The van der Waals surface area contributed by atoms with Gasteiger partial charge in [-0.3, -0.25) is 9.48 Å². The van der Waals surface area contributed by atoms with E-state index in [-0.39, 0.29) is 18.1 Å². The largest absolute Gasteiger partial charge is 0.373 e. The summed E-state index contributed by atoms with van der Waals surface area (Å²) in [6, 6.07) is 1.59. The molecule has 2 aliphatic rings. The summed E-state index contributed by atoms with van der Waals surface area (Å²) in [5, 5.41) is 4.35. The number of ether oxygens (including phenoxy) is 1. The normalized spacial score (nSPS) is 23.3. The Labute approximate surface area is 171 Å². The first-order valence-electron chi connectivity index (χ1n) is 10.5. The highest BCUT2D eigenvalue weighted by Gasteiger charge is 2.39. The van der Waals surface area contributed by atoms with E-state index in [4.69, 9.17) is 4.74 Å². The fraction of sp³-hybridized carbons (Fsp3) is 0.619. The van der Waals surface area contributed by atoms with Crippen LogP contribution in [0.25, 0.3) is 0 Å². The first-order chi connectivity index (χ1) is 14.0. The Morgan fingerprint density at radius 1 is 1.17 bits per heavy atom. The Bertz CT molecular complexity index is 840. The maximum Gasteiger partial charge on any atom is 0.273 e. The Hall–Kier alpha value is -2.32. The number of morpholine rings is 1. The van der Waals surface area contributed by atoms with Gasteiger partial charge in [0.1, 0.15) is 11.5 Å². The van der Waals surface area contributed by atoms with Crippen molar-refractivity contribution in [2.24, 2.45) is 7.05 Å². The smallest absolute Gasteiger partial charge is 0.273 e. The second-order valence-corrected chi connectivity index (χ2v) is 8.10. The van der Waals surface area contributed by atoms with Crippen molar-refractivity contribution in [1.29, 1.82) is 0 Å². The van der Waals surface area contributed by atoms with Crippen LogP contribution in [0.1, 0.15) is 52.9 Å². The zero-order valence-electron chi connectivity index (χ0n) is 17.5. The third-order valence-corrected chi connectivity index (χ3v) is 5.75. The minimum atomic E-state index is -0.178. The lowest BCUT2D eigenvalue weighted by molar-refractivity contribution is -0.0743. The predicted octanol–water partition coefficient (Wildman–Crippen LogP) is 1.90. The second-order valence-electron chi connectivity index (χ2n) is 8.10. The molecule has 2 saturated heterocycles. The van der Waals surface area contributed by atoms with Gasteiger partial charge in [0.25, 0.3) is 5.91 Å². The number of aromatic nitrogens is 4. The maximum atomic E-state index is 13.5. The molecule has 0 spiro atoms. The van der Waals surface area contributed by atoms with Gasteiger partial charge in [0.15, 0.2) is 0 Å². The molecule has 2 fully saturated rings. The molecule has 0 saturated carbocycles. The van der Waals surface area contributed by atoms with Crippen LogP contribution in [-0.2, 0) is 11.8 Å². The molecule has 2 atom stereocenters. The molecule has 8 heteroatoms. The molecule has 0 aliphatic carbocycles. The topological polar surface area (TPSA) is 76.4 Å². The first-order valence-corrected chi connectivity index (χ1v) is 10.5. The van der Waals surface area contributed by atoms with Crippen LogP contribution in [0.3, 0.4) is 0 Å². The summed E-state index contributed by atoms with van der Waals surface area (Å²) >= 11 is 0. The first kappa shape index (κ1) is 20.0. The van der Waals surface area contributed by atoms with Gasteiger partial charge in [-0.2, -0.15) is 5.10 Å². The number of aryl methyl sites for hydroxylation is 3. The van der Waals surface area contributed by atoms with Gasteiger partial charge in [-0.1, -0.05) is 6.42 Å². The zero-order valence-corrected chi connectivity index (χ0v) is 17.5. The van der Waals surface area contributed by atoms with E-state index < -0.39 is 0 Å². The number of rotatable bonds is 4. The average molecular weight is 399 g/mol. The van der Waals surface area contributed by atoms with E-state index in [1.54, 1.807) is 10.7 Å². The van der Waals surface area contributed by atoms with Crippen LogP contribution in [0, 0.1) is 13.8 Å². The molecule has 4 rings (SSSR count). The molecule has 2 aromatic heterocycles. The van der Waals surface area contributed by atoms with Crippen molar-refractivity contribution in [3.63, 3.8) is 0 Å². The quantitative estimate of drug-likeness (QED) is 0.783. The van der Waals surface area contributed by atoms with Gasteiger partial charge in [-0.25, -0.2) is 9.97 Å². The van der Waals surface area contributed by atoms with E-state index in [1.807, 2.05) is 38.2 Å². The van der Waals surface area contributed by atoms with Crippen LogP contribution in [0.2, 0.25) is 0 Å². The monoisotopic (exact) mass is 398 g/mol. The number of piperidine rings is 1. The molecule has 2 aromatic rings. The van der Waals surface area contributed by atoms with Crippen molar-refractivity contribution in [3.8, 4) is 0 Å². The van der Waals surface area contributed by atoms with Crippen molar-refractivity contribution in [1.82, 2.24) is 29.5 Å². The summed E-state index contributed by atoms with van der Waals surface area (Å²) in [5.74, 6) is 0.545. The third-order valence-electron chi connectivity index (χ3n) is 5.75. The van der Waals surface area contributed by atoms with E-state index in [0.717, 1.165) is 30.9 Å². The predicted molar refractivity (Wildman–Crippen MR) is 109 cm³/mol. The van der Waals surface area contributed by atoms with Gasteiger partial charge < -0.3 is 14.5 Å². The minimum Gasteiger partial charge on any atom is -0.373 e. The summed E-state index contributed by atoms with van der Waals surface area (Å²) in [6.45, 7) is 7.80. The number of hydrogen-bond donors (Lipinski definition) is 0. The molecule has 29 heavy (non-hydrogen) atoms. The second kappa shape index (κ2) is 8.59. The van der Waals surface area contributed by atoms with Gasteiger partial charge in [0, 0.05) is 37.6 Å². The Morgan fingerprint density at radius 3 is 2.66 bits per heavy atom. The molecule has 156 valence electrons. The number of carbonyl (C=O) groups excluding carboxylic acids is 1. The van der Waals surface area contributed by atoms with E-state index in [9.17, 15) is 4.79 Å². The standard InChI is InChI=1S/C21H30N6O2/c1-15-11-18(24-16(2)23-15)21(28)27-9-10-29-19(14-26-7-5-4-6-8-26)20(27)17-12-22-25(3)13-17/h11-13,19-20H,4-10,14H2,1-3H3/t19-,20-/m0/s1. The van der Waals surface area contributed by atoms with E-state index >= 15 is 0 Å². The molecule has 0 bridgehead atoms. The van der Waals surface area contributed by atoms with Gasteiger partial charge in [0.2, 0.25) is 0 Å². The molecule has 8 nitrogen and oxygen atoms in total. The average Bonchev–Trinajstić information content (AvgIpc) is 3.13. The fourth-order valence-corrected chi connectivity index (χ4v) is 4.47. The van der Waals surface area contributed by atoms with Crippen molar-refractivity contribution < 1.29 is 9.53 Å². The van der Waals surface area contributed by atoms with Gasteiger partial charge in [0.05, 0.1) is 24.9 Å². The Balaban J connectivity index is 1.64. The molecule has 4 heterocycles. The molecular weight excluding hydrogens is 368 g/mol. The van der Waals surface area contributed by atoms with Crippen LogP contribution in [0.15, 0.2) is 18.5 Å². The SMILES string of the molecule is Cc1cc(C(=O)N2CCO[C@@H](CN3CCCCC3)[C@@H]2c2cnn(C)c2)nc(C)n1. The summed E-state index contributed by atoms with van der Waals surface area (Å²) in [7, 11) is 1.90. The van der Waals surface area contributed by atoms with E-state index in [1.165, 1.54) is 19.3 Å². The maximum absolute atomic E-state index is 13.5. The number of likely N-dealkylation sites (tertiary alicyclic amines) is 1. The molecule has 0 N–H and O–H groups in total. The number of nitrogens with zero attached hydrogens (tertiary/aromatic N) is 6. The minimum absolute atomic E-state index is 0.0700. The molecule has 0 aromatic carbocycles. The molecular formula is C21H30N6O2. The molecule has 0 radical (unpaired) electrons. The lowest BCUT2D eigenvalue weighted by Crippen LogP contribution is -2.52. The fourth-order valence-electron chi connectivity index (χ4n) is 4.47. The van der Waals surface area contributed by atoms with Crippen molar-refractivity contribution in [3.05, 3.63) is 41.2 Å². The summed E-state index contributed by atoms with van der Waals surface area (Å²) in [5.41, 5.74) is 2.25. The van der Waals surface area contributed by atoms with E-state index in [0.29, 0.717) is 24.7 Å². The lowest BCUT2D eigenvalue weighted by atomic mass is 9.99. The Morgan fingerprint density at radius 2 is 1.97 bits per heavy atom. The van der Waals surface area contributed by atoms with Crippen molar-refractivity contribution in [2.45, 2.75) is 45.3 Å². The molecule has 1 amide bonds. The highest BCUT2D eigenvalue weighted by atomic mass is 16.5. The molecule has 2 aliphatic heterocycles. The summed E-state index contributed by atoms with van der Waals surface area (Å²) < 4.78 is 8.00. The zero-order chi connectivity index (χ0) is 20.4. The summed E-state index contributed by atoms with van der Waals surface area (Å²) in [4.78, 5) is 26.6. The summed E-state index contributed by atoms with van der Waals surface area (Å²) in [6.07, 6.45) is 7.50. The van der Waals surface area contributed by atoms with Gasteiger partial charge in [-0.05, 0) is 45.8 Å². The van der Waals surface area contributed by atoms with Crippen LogP contribution >= 0.6 is 0 Å². The molecule has 0 unspecified atom stereocenters. The lowest BCUT2D eigenvalue weighted by Gasteiger charge is -2.43. The van der Waals surface area contributed by atoms with Crippen LogP contribution in [0.4, 0.5) is 0 Å². The van der Waals surface area contributed by atoms with Crippen LogP contribution < -0.4 is 0 Å².